The number of carbonyl (C=O) groups excluding carboxylic acids is 4. The fraction of sp³-hybridized carbons (Fsp3) is 0.706. The molecule has 0 fully saturated rings. The lowest BCUT2D eigenvalue weighted by molar-refractivity contribution is -0.119. The Balaban J connectivity index is -0.0000000693. The number of ether oxygens (including phenoxy) is 1. The molecule has 0 saturated carbocycles. The van der Waals surface area contributed by atoms with Gasteiger partial charge in [-0.2, -0.15) is 0 Å². The van der Waals surface area contributed by atoms with Crippen molar-refractivity contribution in [3.8, 4) is 0 Å². The maximum atomic E-state index is 9.96. The van der Waals surface area contributed by atoms with Gasteiger partial charge in [-0.25, -0.2) is 22.7 Å². The Morgan fingerprint density at radius 2 is 0.912 bits per heavy atom. The second-order valence-electron chi connectivity index (χ2n) is 4.99. The minimum absolute atomic E-state index is 0.00463. The van der Waals surface area contributed by atoms with Crippen molar-refractivity contribution in [2.24, 2.45) is 0 Å². The summed E-state index contributed by atoms with van der Waals surface area (Å²) < 4.78 is 26.0. The Hall–Kier alpha value is -2.92. The van der Waals surface area contributed by atoms with Gasteiger partial charge in [-0.1, -0.05) is 0 Å². The molecule has 0 aromatic heterocycles. The van der Waals surface area contributed by atoms with Gasteiger partial charge in [0.05, 0.1) is 13.4 Å². The van der Waals surface area contributed by atoms with Gasteiger partial charge in [0.1, 0.15) is 0 Å². The van der Waals surface area contributed by atoms with Crippen LogP contribution in [0.3, 0.4) is 0 Å². The van der Waals surface area contributed by atoms with Crippen LogP contribution < -0.4 is 41.9 Å². The van der Waals surface area contributed by atoms with E-state index in [0.717, 1.165) is 6.26 Å². The quantitative estimate of drug-likeness (QED) is 0.171. The lowest BCUT2D eigenvalue weighted by Crippen LogP contribution is -2.28. The van der Waals surface area contributed by atoms with Crippen molar-refractivity contribution in [1.82, 2.24) is 41.9 Å². The second-order valence-corrected chi connectivity index (χ2v) is 7.35. The monoisotopic (exact) mass is 536 g/mol. The molecule has 0 aromatic rings. The maximum absolute atomic E-state index is 9.96. The first-order chi connectivity index (χ1) is 15.5. The van der Waals surface area contributed by atoms with Crippen LogP contribution in [-0.4, -0.2) is 107 Å². The van der Waals surface area contributed by atoms with Crippen LogP contribution in [0.1, 0.15) is 13.8 Å². The molecule has 0 aliphatic rings. The van der Waals surface area contributed by atoms with Crippen LogP contribution in [0.15, 0.2) is 0 Å². The highest BCUT2D eigenvalue weighted by Gasteiger charge is 1.88. The topological polar surface area (TPSA) is 208 Å². The van der Waals surface area contributed by atoms with Gasteiger partial charge in [0.25, 0.3) is 0 Å². The number of hydrogen-bond acceptors (Lipinski definition) is 8. The minimum Gasteiger partial charge on any atom is -0.453 e. The van der Waals surface area contributed by atoms with E-state index in [0.29, 0.717) is 5.11 Å². The third-order valence-electron chi connectivity index (χ3n) is 2.37. The molecule has 0 aliphatic heterocycles. The van der Waals surface area contributed by atoms with Crippen molar-refractivity contribution in [3.63, 3.8) is 0 Å². The summed E-state index contributed by atoms with van der Waals surface area (Å²) in [5.41, 5.74) is 0. The third kappa shape index (κ3) is 88.7. The second kappa shape index (κ2) is 34.7. The average Bonchev–Trinajstić information content (AvgIpc) is 2.83. The summed E-state index contributed by atoms with van der Waals surface area (Å²) >= 11 is 4.63. The molecule has 0 saturated heterocycles. The van der Waals surface area contributed by atoms with Gasteiger partial charge in [0.2, 0.25) is 21.8 Å². The highest BCUT2D eigenvalue weighted by atomic mass is 32.2. The fourth-order valence-electron chi connectivity index (χ4n) is 0.352. The molecular weight excluding hydrogens is 492 g/mol. The van der Waals surface area contributed by atoms with Gasteiger partial charge < -0.3 is 42.0 Å². The van der Waals surface area contributed by atoms with Crippen LogP contribution in [0.4, 0.5) is 9.59 Å². The van der Waals surface area contributed by atoms with Crippen molar-refractivity contribution in [2.75, 3.05) is 69.7 Å². The zero-order chi connectivity index (χ0) is 28.8. The Morgan fingerprint density at radius 3 is 0.912 bits per heavy atom. The summed E-state index contributed by atoms with van der Waals surface area (Å²) in [6, 6.07) is -0.157. The largest absolute Gasteiger partial charge is 0.453 e. The Morgan fingerprint density at radius 1 is 0.647 bits per heavy atom. The molecule has 0 rings (SSSR count). The van der Waals surface area contributed by atoms with Gasteiger partial charge in [0, 0.05) is 63.2 Å². The molecular formula is C17H44N8O7S2. The zero-order valence-corrected chi connectivity index (χ0v) is 23.8. The molecule has 0 spiro atoms. The van der Waals surface area contributed by atoms with Gasteiger partial charge in [-0.3, -0.25) is 9.59 Å². The smallest absolute Gasteiger partial charge is 0.406 e. The van der Waals surface area contributed by atoms with Crippen LogP contribution in [0.25, 0.3) is 0 Å². The molecule has 0 atom stereocenters. The van der Waals surface area contributed by atoms with Crippen LogP contribution >= 0.6 is 12.2 Å². The molecule has 0 heterocycles. The van der Waals surface area contributed by atoms with E-state index < -0.39 is 16.1 Å². The fourth-order valence-corrected chi connectivity index (χ4v) is 0.352. The molecule has 206 valence electrons. The van der Waals surface area contributed by atoms with E-state index in [9.17, 15) is 27.6 Å². The standard InChI is InChI=1S/C3H8N2O.C3H8N2S.C3H7NO2.2C3H7NO.C2H7NO2S/c2*1-4-3(6)5-2;1-4-3(5)6-2;2*1-3(5)4-2;1-3-6(2,4)5/h2*1-2H3,(H2,4,5,6);1-2H3,(H,4,5);2*1-2H3,(H,4,5);3H,1-2H3. The normalized spacial score (nSPS) is 7.76. The van der Waals surface area contributed by atoms with E-state index >= 15 is 0 Å². The number of sulfonamides is 1. The van der Waals surface area contributed by atoms with E-state index in [4.69, 9.17) is 0 Å². The molecule has 17 heteroatoms. The molecule has 34 heavy (non-hydrogen) atoms. The van der Waals surface area contributed by atoms with E-state index in [2.05, 4.69) is 58.9 Å². The highest BCUT2D eigenvalue weighted by molar-refractivity contribution is 7.88. The lowest BCUT2D eigenvalue weighted by atomic mass is 10.7. The summed E-state index contributed by atoms with van der Waals surface area (Å²) in [7, 11) is 11.2. The summed E-state index contributed by atoms with van der Waals surface area (Å²) in [5.74, 6) is 0.00926. The summed E-state index contributed by atoms with van der Waals surface area (Å²) in [4.78, 5) is 39.2. The zero-order valence-electron chi connectivity index (χ0n) is 22.2. The number of alkyl carbamates (subject to hydrolysis) is 1. The number of thiocarbonyl (C=S) groups is 1. The molecule has 0 radical (unpaired) electrons. The van der Waals surface area contributed by atoms with Gasteiger partial charge in [-0.05, 0) is 19.3 Å². The van der Waals surface area contributed by atoms with Crippen molar-refractivity contribution >= 4 is 51.3 Å². The number of amides is 5. The first kappa shape index (κ1) is 44.7. The van der Waals surface area contributed by atoms with Crippen LogP contribution in [-0.2, 0) is 24.3 Å². The highest BCUT2D eigenvalue weighted by Crippen LogP contribution is 1.63. The average molecular weight is 537 g/mol. The predicted molar refractivity (Wildman–Crippen MR) is 139 cm³/mol. The van der Waals surface area contributed by atoms with Crippen LogP contribution in [0.5, 0.6) is 0 Å². The molecule has 0 bridgehead atoms. The molecule has 0 unspecified atom stereocenters. The Labute approximate surface area is 209 Å². The number of hydrogen-bond donors (Lipinski definition) is 8. The van der Waals surface area contributed by atoms with Gasteiger partial charge >= 0.3 is 12.1 Å². The van der Waals surface area contributed by atoms with E-state index in [-0.39, 0.29) is 17.8 Å². The predicted octanol–water partition coefficient (Wildman–Crippen LogP) is -2.10. The van der Waals surface area contributed by atoms with E-state index in [1.807, 2.05) is 0 Å². The number of nitrogens with one attached hydrogen (secondary N) is 8. The lowest BCUT2D eigenvalue weighted by Gasteiger charge is -1.95. The maximum Gasteiger partial charge on any atom is 0.406 e. The summed E-state index contributed by atoms with van der Waals surface area (Å²) in [6.45, 7) is 2.94. The van der Waals surface area contributed by atoms with Gasteiger partial charge in [0.15, 0.2) is 5.11 Å². The number of urea groups is 1. The van der Waals surface area contributed by atoms with Crippen molar-refractivity contribution in [3.05, 3.63) is 0 Å². The summed E-state index contributed by atoms with van der Waals surface area (Å²) in [5, 5.41) is 17.9. The van der Waals surface area contributed by atoms with Crippen molar-refractivity contribution in [1.29, 1.82) is 0 Å². The third-order valence-corrected chi connectivity index (χ3v) is 3.52. The van der Waals surface area contributed by atoms with Crippen LogP contribution in [0, 0.1) is 0 Å². The van der Waals surface area contributed by atoms with Crippen molar-refractivity contribution in [2.45, 2.75) is 13.8 Å². The SMILES string of the molecule is CNC(=O)NC.CNC(=O)OC.CNC(=S)NC.CNC(C)=O.CNC(C)=O.CNS(C)(=O)=O. The molecule has 5 amide bonds. The number of methoxy groups -OCH3 is 1. The molecule has 15 nitrogen and oxygen atoms in total. The number of carbonyl (C=O) groups is 4. The van der Waals surface area contributed by atoms with Gasteiger partial charge in [-0.15, -0.1) is 0 Å². The molecule has 0 aromatic carbocycles. The minimum atomic E-state index is -2.91. The summed E-state index contributed by atoms with van der Waals surface area (Å²) in [6.07, 6.45) is 0.697. The Bertz CT molecular complexity index is 563. The molecule has 8 N–H and O–H groups in total. The number of rotatable bonds is 1. The van der Waals surface area contributed by atoms with Crippen LogP contribution in [0.2, 0.25) is 0 Å². The first-order valence-corrected chi connectivity index (χ1v) is 11.6. The van der Waals surface area contributed by atoms with Crippen molar-refractivity contribution < 1.29 is 32.3 Å². The van der Waals surface area contributed by atoms with E-state index in [1.165, 1.54) is 35.1 Å². The molecule has 0 aliphatic carbocycles. The Kier molecular flexibility index (Phi) is 45.6. The first-order valence-electron chi connectivity index (χ1n) is 9.33. The van der Waals surface area contributed by atoms with E-state index in [1.54, 1.807) is 42.3 Å².